The van der Waals surface area contributed by atoms with E-state index < -0.39 is 22.5 Å². The molecule has 0 aliphatic rings. The third kappa shape index (κ3) is 2.82. The Hall–Kier alpha value is -1.98. The molecule has 2 N–H and O–H groups in total. The Bertz CT molecular complexity index is 591. The molecule has 0 aliphatic heterocycles. The molecule has 0 aliphatic carbocycles. The summed E-state index contributed by atoms with van der Waals surface area (Å²) in [5, 5.41) is 8.83. The van der Waals surface area contributed by atoms with Crippen molar-refractivity contribution in [2.45, 2.75) is 11.8 Å². The molecule has 0 saturated carbocycles. The molecule has 0 spiro atoms. The standard InChI is InChI=1S/C10H12N4O3S/c1-2-14(7-10(12)15)18(16,17)9-4-3-5-13-8(9)6-11/h3-5H,2,7H2,1H3,(H2,12,15). The second-order valence-corrected chi connectivity index (χ2v) is 5.27. The smallest absolute Gasteiger partial charge is 0.246 e. The molecule has 7 nitrogen and oxygen atoms in total. The van der Waals surface area contributed by atoms with Gasteiger partial charge in [-0.05, 0) is 12.1 Å². The average molecular weight is 268 g/mol. The monoisotopic (exact) mass is 268 g/mol. The number of aromatic nitrogens is 1. The first-order valence-corrected chi connectivity index (χ1v) is 6.51. The Morgan fingerprint density at radius 3 is 2.78 bits per heavy atom. The van der Waals surface area contributed by atoms with Crippen LogP contribution in [0, 0.1) is 11.3 Å². The summed E-state index contributed by atoms with van der Waals surface area (Å²) in [4.78, 5) is 14.3. The molecule has 0 unspecified atom stereocenters. The molecule has 96 valence electrons. The van der Waals surface area contributed by atoms with Crippen molar-refractivity contribution in [2.24, 2.45) is 5.73 Å². The predicted octanol–water partition coefficient (Wildman–Crippen LogP) is -0.551. The molecule has 0 saturated heterocycles. The van der Waals surface area contributed by atoms with E-state index in [0.29, 0.717) is 0 Å². The van der Waals surface area contributed by atoms with E-state index in [9.17, 15) is 13.2 Å². The zero-order valence-electron chi connectivity index (χ0n) is 9.70. The zero-order chi connectivity index (χ0) is 13.8. The Morgan fingerprint density at radius 2 is 2.28 bits per heavy atom. The van der Waals surface area contributed by atoms with Gasteiger partial charge in [0, 0.05) is 12.7 Å². The highest BCUT2D eigenvalue weighted by atomic mass is 32.2. The van der Waals surface area contributed by atoms with E-state index in [1.165, 1.54) is 18.3 Å². The van der Waals surface area contributed by atoms with Crippen molar-refractivity contribution in [1.82, 2.24) is 9.29 Å². The number of hydrogen-bond acceptors (Lipinski definition) is 5. The topological polar surface area (TPSA) is 117 Å². The van der Waals surface area contributed by atoms with Gasteiger partial charge in [-0.3, -0.25) is 4.79 Å². The number of likely N-dealkylation sites (N-methyl/N-ethyl adjacent to an activating group) is 1. The number of pyridine rings is 1. The summed E-state index contributed by atoms with van der Waals surface area (Å²) in [6.45, 7) is 1.21. The van der Waals surface area contributed by atoms with Gasteiger partial charge >= 0.3 is 0 Å². The number of amides is 1. The molecule has 0 atom stereocenters. The summed E-state index contributed by atoms with van der Waals surface area (Å²) in [6, 6.07) is 4.38. The Labute approximate surface area is 105 Å². The molecular formula is C10H12N4O3S. The minimum Gasteiger partial charge on any atom is -0.369 e. The van der Waals surface area contributed by atoms with E-state index >= 15 is 0 Å². The van der Waals surface area contributed by atoms with Gasteiger partial charge < -0.3 is 5.73 Å². The van der Waals surface area contributed by atoms with Crippen LogP contribution in [0.4, 0.5) is 0 Å². The van der Waals surface area contributed by atoms with Crippen molar-refractivity contribution in [2.75, 3.05) is 13.1 Å². The highest BCUT2D eigenvalue weighted by molar-refractivity contribution is 7.89. The van der Waals surface area contributed by atoms with E-state index in [1.54, 1.807) is 13.0 Å². The second-order valence-electron chi connectivity index (χ2n) is 3.36. The van der Waals surface area contributed by atoms with Crippen molar-refractivity contribution in [3.8, 4) is 6.07 Å². The fourth-order valence-corrected chi connectivity index (χ4v) is 2.87. The number of nitriles is 1. The van der Waals surface area contributed by atoms with Crippen molar-refractivity contribution in [1.29, 1.82) is 5.26 Å². The van der Waals surface area contributed by atoms with Gasteiger partial charge in [0.25, 0.3) is 0 Å². The molecule has 0 bridgehead atoms. The summed E-state index contributed by atoms with van der Waals surface area (Å²) in [6.07, 6.45) is 1.32. The van der Waals surface area contributed by atoms with Crippen LogP contribution in [-0.2, 0) is 14.8 Å². The zero-order valence-corrected chi connectivity index (χ0v) is 10.5. The molecule has 1 heterocycles. The molecule has 0 radical (unpaired) electrons. The lowest BCUT2D eigenvalue weighted by molar-refractivity contribution is -0.118. The first kappa shape index (κ1) is 14.1. The highest BCUT2D eigenvalue weighted by Crippen LogP contribution is 2.17. The maximum atomic E-state index is 12.2. The number of rotatable bonds is 5. The minimum atomic E-state index is -3.94. The maximum absolute atomic E-state index is 12.2. The predicted molar refractivity (Wildman–Crippen MR) is 62.6 cm³/mol. The fraction of sp³-hybridized carbons (Fsp3) is 0.300. The Balaban J connectivity index is 3.28. The largest absolute Gasteiger partial charge is 0.369 e. The molecule has 1 aromatic heterocycles. The Kier molecular flexibility index (Phi) is 4.36. The van der Waals surface area contributed by atoms with Gasteiger partial charge in [0.2, 0.25) is 15.9 Å². The third-order valence-electron chi connectivity index (χ3n) is 2.18. The molecule has 18 heavy (non-hydrogen) atoms. The summed E-state index contributed by atoms with van der Waals surface area (Å²) in [5.41, 5.74) is 4.78. The number of carbonyl (C=O) groups excluding carboxylic acids is 1. The van der Waals surface area contributed by atoms with Crippen LogP contribution in [0.2, 0.25) is 0 Å². The van der Waals surface area contributed by atoms with E-state index in [-0.39, 0.29) is 17.1 Å². The van der Waals surface area contributed by atoms with Crippen LogP contribution in [0.1, 0.15) is 12.6 Å². The number of hydrogen-bond donors (Lipinski definition) is 1. The van der Waals surface area contributed by atoms with Gasteiger partial charge in [-0.15, -0.1) is 0 Å². The van der Waals surface area contributed by atoms with E-state index in [0.717, 1.165) is 4.31 Å². The second kappa shape index (κ2) is 5.57. The van der Waals surface area contributed by atoms with Crippen LogP contribution in [0.15, 0.2) is 23.2 Å². The number of nitrogens with zero attached hydrogens (tertiary/aromatic N) is 3. The number of carbonyl (C=O) groups is 1. The van der Waals surface area contributed by atoms with Crippen LogP contribution >= 0.6 is 0 Å². The molecule has 0 aromatic carbocycles. The lowest BCUT2D eigenvalue weighted by Crippen LogP contribution is -2.38. The normalized spacial score (nSPS) is 11.2. The van der Waals surface area contributed by atoms with Crippen LogP contribution in [0.3, 0.4) is 0 Å². The van der Waals surface area contributed by atoms with Crippen LogP contribution in [0.25, 0.3) is 0 Å². The first-order chi connectivity index (χ1) is 8.43. The average Bonchev–Trinajstić information content (AvgIpc) is 2.35. The lowest BCUT2D eigenvalue weighted by atomic mass is 10.4. The Morgan fingerprint density at radius 1 is 1.61 bits per heavy atom. The molecule has 1 rings (SSSR count). The third-order valence-corrected chi connectivity index (χ3v) is 4.13. The van der Waals surface area contributed by atoms with Gasteiger partial charge in [-0.2, -0.15) is 9.57 Å². The number of primary amides is 1. The van der Waals surface area contributed by atoms with Crippen LogP contribution in [-0.4, -0.2) is 36.7 Å². The van der Waals surface area contributed by atoms with Gasteiger partial charge in [0.15, 0.2) is 5.69 Å². The summed E-state index contributed by atoms with van der Waals surface area (Å²) < 4.78 is 25.3. The number of nitrogens with two attached hydrogens (primary N) is 1. The molecule has 8 heteroatoms. The SMILES string of the molecule is CCN(CC(N)=O)S(=O)(=O)c1cccnc1C#N. The van der Waals surface area contributed by atoms with Crippen molar-refractivity contribution < 1.29 is 13.2 Å². The van der Waals surface area contributed by atoms with Gasteiger partial charge in [-0.1, -0.05) is 6.92 Å². The molecular weight excluding hydrogens is 256 g/mol. The maximum Gasteiger partial charge on any atom is 0.246 e. The number of sulfonamides is 1. The van der Waals surface area contributed by atoms with E-state index in [2.05, 4.69) is 4.98 Å². The molecule has 0 fully saturated rings. The minimum absolute atomic E-state index is 0.0744. The quantitative estimate of drug-likeness (QED) is 0.768. The molecule has 1 aromatic rings. The van der Waals surface area contributed by atoms with Gasteiger partial charge in [-0.25, -0.2) is 13.4 Å². The summed E-state index contributed by atoms with van der Waals surface area (Å²) >= 11 is 0. The van der Waals surface area contributed by atoms with Crippen molar-refractivity contribution in [3.05, 3.63) is 24.0 Å². The summed E-state index contributed by atoms with van der Waals surface area (Å²) in [7, 11) is -3.94. The van der Waals surface area contributed by atoms with Crippen LogP contribution < -0.4 is 5.73 Å². The summed E-state index contributed by atoms with van der Waals surface area (Å²) in [5.74, 6) is -0.761. The van der Waals surface area contributed by atoms with E-state index in [4.69, 9.17) is 11.0 Å². The van der Waals surface area contributed by atoms with Crippen molar-refractivity contribution >= 4 is 15.9 Å². The van der Waals surface area contributed by atoms with Gasteiger partial charge in [0.05, 0.1) is 6.54 Å². The highest BCUT2D eigenvalue weighted by Gasteiger charge is 2.27. The fourth-order valence-electron chi connectivity index (χ4n) is 1.36. The van der Waals surface area contributed by atoms with Gasteiger partial charge in [0.1, 0.15) is 11.0 Å². The van der Waals surface area contributed by atoms with Crippen LogP contribution in [0.5, 0.6) is 0 Å². The first-order valence-electron chi connectivity index (χ1n) is 5.07. The lowest BCUT2D eigenvalue weighted by Gasteiger charge is -2.18. The molecule has 1 amide bonds. The van der Waals surface area contributed by atoms with Crippen molar-refractivity contribution in [3.63, 3.8) is 0 Å². The van der Waals surface area contributed by atoms with E-state index in [1.807, 2.05) is 0 Å².